The molecule has 1 amide bonds. The van der Waals surface area contributed by atoms with E-state index in [0.29, 0.717) is 25.1 Å². The number of carbonyl (C=O) groups excluding carboxylic acids is 1. The summed E-state index contributed by atoms with van der Waals surface area (Å²) in [5, 5.41) is 11.2. The van der Waals surface area contributed by atoms with E-state index in [0.717, 1.165) is 16.7 Å². The molecule has 0 fully saturated rings. The van der Waals surface area contributed by atoms with Crippen molar-refractivity contribution in [1.29, 1.82) is 5.26 Å². The first-order valence-electron chi connectivity index (χ1n) is 7.34. The Morgan fingerprint density at radius 3 is 2.83 bits per heavy atom. The first-order chi connectivity index (χ1) is 11.2. The molecule has 0 spiro atoms. The Labute approximate surface area is 136 Å². The first kappa shape index (κ1) is 16.3. The number of carbonyl (C=O) groups is 1. The van der Waals surface area contributed by atoms with Gasteiger partial charge in [-0.25, -0.2) is 4.98 Å². The van der Waals surface area contributed by atoms with E-state index in [1.165, 1.54) is 0 Å². The molecule has 0 unspecified atom stereocenters. The minimum absolute atomic E-state index is 0.101. The van der Waals surface area contributed by atoms with Crippen LogP contribution in [0.15, 0.2) is 42.6 Å². The second-order valence-electron chi connectivity index (χ2n) is 5.11. The highest BCUT2D eigenvalue weighted by molar-refractivity contribution is 5.91. The van der Waals surface area contributed by atoms with Gasteiger partial charge in [-0.05, 0) is 24.6 Å². The highest BCUT2D eigenvalue weighted by Crippen LogP contribution is 2.08. The molecule has 2 rings (SSSR count). The predicted molar refractivity (Wildman–Crippen MR) is 89.5 cm³/mol. The highest BCUT2D eigenvalue weighted by Gasteiger charge is 2.05. The summed E-state index contributed by atoms with van der Waals surface area (Å²) in [7, 11) is 0. The van der Waals surface area contributed by atoms with Crippen molar-refractivity contribution in [2.75, 3.05) is 5.32 Å². The first-order valence-corrected chi connectivity index (χ1v) is 7.34. The van der Waals surface area contributed by atoms with Crippen molar-refractivity contribution >= 4 is 11.7 Å². The van der Waals surface area contributed by atoms with Gasteiger partial charge in [0.2, 0.25) is 5.91 Å². The van der Waals surface area contributed by atoms with Gasteiger partial charge in [-0.15, -0.1) is 0 Å². The fourth-order valence-corrected chi connectivity index (χ4v) is 2.02. The summed E-state index contributed by atoms with van der Waals surface area (Å²) in [6.07, 6.45) is 2.90. The van der Waals surface area contributed by atoms with E-state index in [2.05, 4.69) is 22.1 Å². The lowest BCUT2D eigenvalue weighted by Gasteiger charge is -2.05. The Morgan fingerprint density at radius 2 is 2.13 bits per heavy atom. The van der Waals surface area contributed by atoms with Crippen molar-refractivity contribution < 1.29 is 4.79 Å². The quantitative estimate of drug-likeness (QED) is 0.696. The van der Waals surface area contributed by atoms with Gasteiger partial charge >= 0.3 is 0 Å². The number of pyridine rings is 1. The van der Waals surface area contributed by atoms with Crippen molar-refractivity contribution in [2.24, 2.45) is 0 Å². The molecule has 0 saturated carbocycles. The van der Waals surface area contributed by atoms with Crippen LogP contribution in [-0.4, -0.2) is 10.9 Å². The van der Waals surface area contributed by atoms with E-state index in [-0.39, 0.29) is 5.91 Å². The molecular weight excluding hydrogens is 286 g/mol. The molecular formula is C19H17N3O. The second-order valence-corrected chi connectivity index (χ2v) is 5.11. The monoisotopic (exact) mass is 303 g/mol. The van der Waals surface area contributed by atoms with E-state index in [9.17, 15) is 4.79 Å². The summed E-state index contributed by atoms with van der Waals surface area (Å²) in [6, 6.07) is 13.4. The van der Waals surface area contributed by atoms with E-state index in [1.807, 2.05) is 37.3 Å². The largest absolute Gasteiger partial charge is 0.310 e. The van der Waals surface area contributed by atoms with Crippen molar-refractivity contribution in [3.63, 3.8) is 0 Å². The Morgan fingerprint density at radius 1 is 1.26 bits per heavy atom. The fourth-order valence-electron chi connectivity index (χ4n) is 2.02. The van der Waals surface area contributed by atoms with Crippen molar-refractivity contribution in [2.45, 2.75) is 26.2 Å². The fraction of sp³-hybridized carbons (Fsp3) is 0.211. The topological polar surface area (TPSA) is 65.8 Å². The number of hydrogen-bond donors (Lipinski definition) is 1. The number of anilines is 1. The molecule has 1 heterocycles. The molecule has 0 aliphatic rings. The number of nitrogens with zero attached hydrogens (tertiary/aromatic N) is 2. The molecule has 0 bridgehead atoms. The van der Waals surface area contributed by atoms with Crippen LogP contribution in [0.5, 0.6) is 0 Å². The summed E-state index contributed by atoms with van der Waals surface area (Å²) >= 11 is 0. The number of rotatable bonds is 4. The van der Waals surface area contributed by atoms with Crippen LogP contribution in [0.2, 0.25) is 0 Å². The van der Waals surface area contributed by atoms with Gasteiger partial charge in [0.15, 0.2) is 0 Å². The highest BCUT2D eigenvalue weighted by atomic mass is 16.1. The minimum Gasteiger partial charge on any atom is -0.310 e. The number of unbranched alkanes of at least 4 members (excludes halogenated alkanes) is 1. The van der Waals surface area contributed by atoms with E-state index >= 15 is 0 Å². The average Bonchev–Trinajstić information content (AvgIpc) is 2.53. The number of nitrogens with one attached hydrogen (secondary N) is 1. The van der Waals surface area contributed by atoms with Crippen LogP contribution in [0, 0.1) is 30.1 Å². The third-order valence-electron chi connectivity index (χ3n) is 3.07. The van der Waals surface area contributed by atoms with Crippen LogP contribution in [0.1, 0.15) is 29.5 Å². The predicted octanol–water partition coefficient (Wildman–Crippen LogP) is 3.23. The van der Waals surface area contributed by atoms with Crippen LogP contribution in [0.25, 0.3) is 0 Å². The number of amides is 1. The number of benzene rings is 1. The minimum atomic E-state index is -0.101. The molecule has 23 heavy (non-hydrogen) atoms. The maximum Gasteiger partial charge on any atom is 0.229 e. The summed E-state index contributed by atoms with van der Waals surface area (Å²) < 4.78 is 0. The third-order valence-corrected chi connectivity index (χ3v) is 3.07. The molecule has 114 valence electrons. The van der Waals surface area contributed by atoms with Gasteiger partial charge in [-0.1, -0.05) is 41.7 Å². The van der Waals surface area contributed by atoms with E-state index in [1.54, 1.807) is 18.3 Å². The standard InChI is InChI=1S/C19H17N3O/c1-15-6-5-8-17(12-15)13-19(23)22-18-10-9-16(14-21-18)7-3-2-4-11-20/h5-6,8-10,12,14H,2,4,13H2,1H3,(H,21,22,23). The summed E-state index contributed by atoms with van der Waals surface area (Å²) in [5.74, 6) is 6.23. The molecule has 1 N–H and O–H groups in total. The third kappa shape index (κ3) is 5.65. The molecule has 0 aliphatic carbocycles. The normalized spacial score (nSPS) is 9.39. The maximum atomic E-state index is 12.0. The number of nitriles is 1. The smallest absolute Gasteiger partial charge is 0.229 e. The zero-order valence-electron chi connectivity index (χ0n) is 13.0. The lowest BCUT2D eigenvalue weighted by molar-refractivity contribution is -0.115. The van der Waals surface area contributed by atoms with Crippen molar-refractivity contribution in [3.8, 4) is 17.9 Å². The average molecular weight is 303 g/mol. The van der Waals surface area contributed by atoms with E-state index < -0.39 is 0 Å². The van der Waals surface area contributed by atoms with Crippen LogP contribution in [-0.2, 0) is 11.2 Å². The van der Waals surface area contributed by atoms with Gasteiger partial charge < -0.3 is 5.32 Å². The van der Waals surface area contributed by atoms with Crippen molar-refractivity contribution in [1.82, 2.24) is 4.98 Å². The molecule has 0 aliphatic heterocycles. The second kappa shape index (κ2) is 8.36. The molecule has 1 aromatic carbocycles. The van der Waals surface area contributed by atoms with Gasteiger partial charge in [0.25, 0.3) is 0 Å². The van der Waals surface area contributed by atoms with Crippen LogP contribution in [0.4, 0.5) is 5.82 Å². The summed E-state index contributed by atoms with van der Waals surface area (Å²) in [5.41, 5.74) is 2.87. The molecule has 0 atom stereocenters. The Balaban J connectivity index is 1.91. The van der Waals surface area contributed by atoms with Crippen molar-refractivity contribution in [3.05, 3.63) is 59.3 Å². The van der Waals surface area contributed by atoms with Gasteiger partial charge in [0.1, 0.15) is 5.82 Å². The van der Waals surface area contributed by atoms with Crippen LogP contribution < -0.4 is 5.32 Å². The lowest BCUT2D eigenvalue weighted by Crippen LogP contribution is -2.15. The zero-order valence-corrected chi connectivity index (χ0v) is 13.0. The summed E-state index contributed by atoms with van der Waals surface area (Å²) in [6.45, 7) is 2.00. The molecule has 4 nitrogen and oxygen atoms in total. The number of hydrogen-bond acceptors (Lipinski definition) is 3. The Kier molecular flexibility index (Phi) is 5.91. The molecule has 4 heteroatoms. The number of aryl methyl sites for hydroxylation is 1. The Bertz CT molecular complexity index is 777. The zero-order chi connectivity index (χ0) is 16.5. The molecule has 0 radical (unpaired) electrons. The van der Waals surface area contributed by atoms with Gasteiger partial charge in [-0.2, -0.15) is 5.26 Å². The van der Waals surface area contributed by atoms with Gasteiger partial charge in [-0.3, -0.25) is 4.79 Å². The SMILES string of the molecule is Cc1cccc(CC(=O)Nc2ccc(C#CCCC#N)cn2)c1. The van der Waals surface area contributed by atoms with Gasteiger partial charge in [0, 0.05) is 24.6 Å². The lowest BCUT2D eigenvalue weighted by atomic mass is 10.1. The maximum absolute atomic E-state index is 12.0. The van der Waals surface area contributed by atoms with Gasteiger partial charge in [0.05, 0.1) is 12.5 Å². The van der Waals surface area contributed by atoms with Crippen LogP contribution in [0.3, 0.4) is 0 Å². The van der Waals surface area contributed by atoms with Crippen LogP contribution >= 0.6 is 0 Å². The summed E-state index contributed by atoms with van der Waals surface area (Å²) in [4.78, 5) is 16.2. The number of aromatic nitrogens is 1. The molecule has 0 saturated heterocycles. The van der Waals surface area contributed by atoms with E-state index in [4.69, 9.17) is 5.26 Å². The Hall–Kier alpha value is -3.11. The molecule has 2 aromatic rings. The molecule has 1 aromatic heterocycles.